The van der Waals surface area contributed by atoms with Crippen LogP contribution in [-0.4, -0.2) is 19.8 Å². The van der Waals surface area contributed by atoms with Crippen molar-refractivity contribution >= 4 is 23.2 Å². The van der Waals surface area contributed by atoms with E-state index >= 15 is 0 Å². The predicted molar refractivity (Wildman–Crippen MR) is 64.2 cm³/mol. The Morgan fingerprint density at radius 3 is 2.14 bits per heavy atom. The number of hydrogen-bond acceptors (Lipinski definition) is 1. The molecule has 2 aromatic carbocycles. The minimum absolute atomic E-state index is 0. The maximum absolute atomic E-state index is 13.1. The summed E-state index contributed by atoms with van der Waals surface area (Å²) in [6.45, 7) is -7.25. The van der Waals surface area contributed by atoms with Crippen molar-refractivity contribution in [2.45, 2.75) is 6.18 Å². The second-order valence-electron chi connectivity index (χ2n) is 4.18. The van der Waals surface area contributed by atoms with Crippen LogP contribution >= 0.6 is 0 Å². The molecule has 0 aliphatic carbocycles. The van der Waals surface area contributed by atoms with Gasteiger partial charge in [-0.25, -0.2) is 0 Å². The van der Waals surface area contributed by atoms with Crippen molar-refractivity contribution in [3.05, 3.63) is 36.4 Å². The van der Waals surface area contributed by atoms with Crippen molar-refractivity contribution in [1.82, 2.24) is 0 Å². The first kappa shape index (κ1) is 18.8. The number of ether oxygens (including phenoxy) is 1. The van der Waals surface area contributed by atoms with Gasteiger partial charge in [0.1, 0.15) is 0 Å². The van der Waals surface area contributed by atoms with Crippen LogP contribution in [0, 0.1) is 0 Å². The van der Waals surface area contributed by atoms with Gasteiger partial charge >= 0.3 is 64.5 Å². The van der Waals surface area contributed by atoms with E-state index in [1.54, 1.807) is 6.07 Å². The predicted octanol–water partition coefficient (Wildman–Crippen LogP) is 0.839. The SMILES string of the molecule is F[B-](F)(F)c1c(OCC(F)(F)F)ccc2ccccc12.[K+]. The Hall–Kier alpha value is -0.219. The van der Waals surface area contributed by atoms with Crippen LogP contribution in [0.15, 0.2) is 36.4 Å². The van der Waals surface area contributed by atoms with E-state index in [1.807, 2.05) is 0 Å². The number of alkyl halides is 3. The van der Waals surface area contributed by atoms with E-state index in [9.17, 15) is 26.1 Å². The summed E-state index contributed by atoms with van der Waals surface area (Å²) in [5.74, 6) is -0.798. The van der Waals surface area contributed by atoms with E-state index in [1.165, 1.54) is 24.3 Å². The third-order valence-electron chi connectivity index (χ3n) is 2.65. The molecule has 0 aliphatic heterocycles. The molecule has 1 nitrogen and oxygen atoms in total. The summed E-state index contributed by atoms with van der Waals surface area (Å²) in [6.07, 6.45) is -4.69. The Bertz CT molecular complexity index is 625. The van der Waals surface area contributed by atoms with Crippen LogP contribution in [-0.2, 0) is 0 Å². The molecule has 108 valence electrons. The molecule has 0 spiro atoms. The van der Waals surface area contributed by atoms with E-state index in [0.29, 0.717) is 5.39 Å². The molecule has 9 heteroatoms. The average molecular weight is 332 g/mol. The fourth-order valence-corrected chi connectivity index (χ4v) is 1.90. The quantitative estimate of drug-likeness (QED) is 0.598. The fraction of sp³-hybridized carbons (Fsp3) is 0.167. The van der Waals surface area contributed by atoms with Gasteiger partial charge in [0.2, 0.25) is 0 Å². The molecule has 0 heterocycles. The molecule has 2 rings (SSSR count). The summed E-state index contributed by atoms with van der Waals surface area (Å²) in [5, 5.41) is 0.126. The zero-order valence-corrected chi connectivity index (χ0v) is 14.0. The van der Waals surface area contributed by atoms with Gasteiger partial charge < -0.3 is 17.7 Å². The van der Waals surface area contributed by atoms with E-state index in [4.69, 9.17) is 0 Å². The fourth-order valence-electron chi connectivity index (χ4n) is 1.90. The number of rotatable bonds is 3. The maximum Gasteiger partial charge on any atom is 1.00 e. The largest absolute Gasteiger partial charge is 1.00 e. The van der Waals surface area contributed by atoms with Crippen LogP contribution in [0.4, 0.5) is 26.1 Å². The topological polar surface area (TPSA) is 9.23 Å². The molecule has 0 atom stereocenters. The summed E-state index contributed by atoms with van der Waals surface area (Å²) >= 11 is 0. The standard InChI is InChI=1S/C12H8BF6O.K/c14-12(15,16)7-20-10-6-5-8-3-1-2-4-9(8)11(10)13(17,18)19;/h1-6H,7H2;/q-1;+1. The summed E-state index contributed by atoms with van der Waals surface area (Å²) in [5.41, 5.74) is -1.13. The number of benzene rings is 2. The molecule has 0 radical (unpaired) electrons. The summed E-state index contributed by atoms with van der Waals surface area (Å²) in [6, 6.07) is 7.81. The van der Waals surface area contributed by atoms with E-state index < -0.39 is 31.0 Å². The molecule has 0 fully saturated rings. The van der Waals surface area contributed by atoms with Crippen molar-refractivity contribution < 1.29 is 82.2 Å². The third-order valence-corrected chi connectivity index (χ3v) is 2.65. The minimum atomic E-state index is -5.49. The first-order valence-electron chi connectivity index (χ1n) is 5.59. The normalized spacial score (nSPS) is 12.1. The Balaban J connectivity index is 0.00000220. The Kier molecular flexibility index (Phi) is 6.19. The van der Waals surface area contributed by atoms with Crippen molar-refractivity contribution in [2.75, 3.05) is 6.61 Å². The van der Waals surface area contributed by atoms with Gasteiger partial charge in [0.25, 0.3) is 0 Å². The van der Waals surface area contributed by atoms with Gasteiger partial charge in [0.15, 0.2) is 6.61 Å². The van der Waals surface area contributed by atoms with Crippen LogP contribution in [0.2, 0.25) is 0 Å². The molecule has 0 aliphatic rings. The Morgan fingerprint density at radius 1 is 0.952 bits per heavy atom. The van der Waals surface area contributed by atoms with Crippen molar-refractivity contribution in [3.8, 4) is 5.75 Å². The zero-order valence-electron chi connectivity index (χ0n) is 10.9. The Labute approximate surface area is 159 Å². The molecule has 0 N–H and O–H groups in total. The molecular weight excluding hydrogens is 324 g/mol. The number of halogens is 6. The smallest absolute Gasteiger partial charge is 0.487 e. The van der Waals surface area contributed by atoms with Crippen molar-refractivity contribution in [3.63, 3.8) is 0 Å². The van der Waals surface area contributed by atoms with Crippen molar-refractivity contribution in [2.24, 2.45) is 0 Å². The third kappa shape index (κ3) is 4.89. The molecule has 0 amide bonds. The summed E-state index contributed by atoms with van der Waals surface area (Å²) in [4.78, 5) is 0. The molecule has 2 aromatic rings. The summed E-state index contributed by atoms with van der Waals surface area (Å²) in [7, 11) is 0. The van der Waals surface area contributed by atoms with E-state index in [2.05, 4.69) is 4.74 Å². The van der Waals surface area contributed by atoms with Crippen LogP contribution < -0.4 is 61.6 Å². The molecule has 0 aromatic heterocycles. The van der Waals surface area contributed by atoms with Crippen LogP contribution in [0.25, 0.3) is 10.8 Å². The van der Waals surface area contributed by atoms with Gasteiger partial charge in [-0.15, -0.1) is 0 Å². The van der Waals surface area contributed by atoms with Gasteiger partial charge in [-0.1, -0.05) is 35.8 Å². The second-order valence-corrected chi connectivity index (χ2v) is 4.18. The average Bonchev–Trinajstić information content (AvgIpc) is 2.33. The van der Waals surface area contributed by atoms with Crippen molar-refractivity contribution in [1.29, 1.82) is 0 Å². The van der Waals surface area contributed by atoms with Crippen LogP contribution in [0.3, 0.4) is 0 Å². The molecular formula is C12H8BF6KO. The van der Waals surface area contributed by atoms with Gasteiger partial charge in [-0.2, -0.15) is 13.2 Å². The van der Waals surface area contributed by atoms with E-state index in [0.717, 1.165) is 6.07 Å². The van der Waals surface area contributed by atoms with Gasteiger partial charge in [-0.3, -0.25) is 0 Å². The van der Waals surface area contributed by atoms with Crippen LogP contribution in [0.1, 0.15) is 0 Å². The first-order chi connectivity index (χ1) is 9.18. The molecule has 21 heavy (non-hydrogen) atoms. The van der Waals surface area contributed by atoms with Gasteiger partial charge in [0.05, 0.1) is 5.75 Å². The molecule has 0 saturated carbocycles. The van der Waals surface area contributed by atoms with Gasteiger partial charge in [0, 0.05) is 0 Å². The number of hydrogen-bond donors (Lipinski definition) is 0. The molecule has 0 saturated heterocycles. The minimum Gasteiger partial charge on any atom is -0.487 e. The Morgan fingerprint density at radius 2 is 1.57 bits per heavy atom. The monoisotopic (exact) mass is 332 g/mol. The zero-order chi connectivity index (χ0) is 15.0. The second kappa shape index (κ2) is 6.91. The molecule has 0 unspecified atom stereocenters. The van der Waals surface area contributed by atoms with E-state index in [-0.39, 0.29) is 56.8 Å². The summed E-state index contributed by atoms with van der Waals surface area (Å²) < 4.78 is 79.9. The first-order valence-corrected chi connectivity index (χ1v) is 5.59. The maximum atomic E-state index is 13.1. The van der Waals surface area contributed by atoms with Gasteiger partial charge in [-0.05, 0) is 16.8 Å². The van der Waals surface area contributed by atoms with Crippen LogP contribution in [0.5, 0.6) is 5.75 Å². The number of fused-ring (bicyclic) bond motifs is 1. The molecule has 0 bridgehead atoms.